The molecule has 0 spiro atoms. The fraction of sp³-hybridized carbons (Fsp3) is 0.833. The largest absolute Gasteiger partial charge is 0.480 e. The zero-order valence-corrected chi connectivity index (χ0v) is 10.6. The number of rotatable bonds is 7. The Morgan fingerprint density at radius 3 is 2.67 bits per heavy atom. The molecule has 0 aromatic rings. The van der Waals surface area contributed by atoms with Crippen LogP contribution in [0.2, 0.25) is 0 Å². The third-order valence-corrected chi connectivity index (χ3v) is 3.08. The van der Waals surface area contributed by atoms with Gasteiger partial charge in [0.15, 0.2) is 6.04 Å². The van der Waals surface area contributed by atoms with Crippen LogP contribution in [0.4, 0.5) is 0 Å². The average Bonchev–Trinajstić information content (AvgIpc) is 2.38. The molecule has 0 bridgehead atoms. The lowest BCUT2D eigenvalue weighted by Gasteiger charge is -2.32. The minimum absolute atomic E-state index is 0.0848. The van der Waals surface area contributed by atoms with E-state index in [1.807, 2.05) is 0 Å². The molecular weight excluding hydrogens is 236 g/mol. The number of carboxylic acid groups (broad SMARTS) is 1. The number of nitrogens with zero attached hydrogens (tertiary/aromatic N) is 1. The summed E-state index contributed by atoms with van der Waals surface area (Å²) in [6.45, 7) is 1.56. The van der Waals surface area contributed by atoms with Gasteiger partial charge >= 0.3 is 5.97 Å². The van der Waals surface area contributed by atoms with Gasteiger partial charge in [-0.15, -0.1) is 0 Å². The van der Waals surface area contributed by atoms with Crippen LogP contribution in [0.1, 0.15) is 32.1 Å². The second-order valence-corrected chi connectivity index (χ2v) is 4.47. The van der Waals surface area contributed by atoms with E-state index < -0.39 is 12.0 Å². The van der Waals surface area contributed by atoms with Crippen LogP contribution in [0, 0.1) is 0 Å². The zero-order valence-electron chi connectivity index (χ0n) is 10.6. The van der Waals surface area contributed by atoms with Gasteiger partial charge in [-0.3, -0.25) is 4.79 Å². The number of morpholine rings is 1. The lowest BCUT2D eigenvalue weighted by Crippen LogP contribution is -2.52. The first-order chi connectivity index (χ1) is 8.66. The lowest BCUT2D eigenvalue weighted by atomic mass is 10.1. The summed E-state index contributed by atoms with van der Waals surface area (Å²) in [7, 11) is 0. The van der Waals surface area contributed by atoms with Gasteiger partial charge in [0.25, 0.3) is 0 Å². The first-order valence-electron chi connectivity index (χ1n) is 6.47. The predicted octanol–water partition coefficient (Wildman–Crippen LogP) is 0.208. The maximum absolute atomic E-state index is 11.9. The number of hydrogen-bond donors (Lipinski definition) is 2. The monoisotopic (exact) mass is 258 g/mol. The van der Waals surface area contributed by atoms with E-state index in [1.54, 1.807) is 0 Å². The Hall–Kier alpha value is -1.14. The van der Waals surface area contributed by atoms with Crippen molar-refractivity contribution < 1.29 is 19.4 Å². The van der Waals surface area contributed by atoms with Gasteiger partial charge in [0, 0.05) is 13.0 Å². The quantitative estimate of drug-likeness (QED) is 0.637. The summed E-state index contributed by atoms with van der Waals surface area (Å²) in [5, 5.41) is 9.01. The van der Waals surface area contributed by atoms with Crippen molar-refractivity contribution >= 4 is 11.9 Å². The number of unbranched alkanes of at least 4 members (excludes halogenated alkanes) is 3. The number of carbonyl (C=O) groups is 2. The number of ether oxygens (including phenoxy) is 1. The number of carboxylic acids is 1. The van der Waals surface area contributed by atoms with Gasteiger partial charge in [-0.05, 0) is 19.4 Å². The average molecular weight is 258 g/mol. The molecule has 0 saturated carbocycles. The number of nitrogens with two attached hydrogens (primary N) is 1. The molecule has 6 heteroatoms. The van der Waals surface area contributed by atoms with Crippen LogP contribution in [0.5, 0.6) is 0 Å². The van der Waals surface area contributed by atoms with Crippen molar-refractivity contribution in [2.45, 2.75) is 38.1 Å². The second-order valence-electron chi connectivity index (χ2n) is 4.47. The minimum Gasteiger partial charge on any atom is -0.480 e. The minimum atomic E-state index is -0.994. The van der Waals surface area contributed by atoms with Gasteiger partial charge in [-0.25, -0.2) is 4.79 Å². The second kappa shape index (κ2) is 8.05. The van der Waals surface area contributed by atoms with Crippen LogP contribution in [0.25, 0.3) is 0 Å². The van der Waals surface area contributed by atoms with Crippen molar-refractivity contribution in [2.75, 3.05) is 26.3 Å². The summed E-state index contributed by atoms with van der Waals surface area (Å²) in [6, 6.07) is -0.824. The van der Waals surface area contributed by atoms with Gasteiger partial charge < -0.3 is 20.5 Å². The molecule has 3 N–H and O–H groups in total. The van der Waals surface area contributed by atoms with E-state index in [0.717, 1.165) is 25.7 Å². The summed E-state index contributed by atoms with van der Waals surface area (Å²) >= 11 is 0. The maximum Gasteiger partial charge on any atom is 0.328 e. The van der Waals surface area contributed by atoms with Crippen molar-refractivity contribution in [1.82, 2.24) is 4.90 Å². The molecule has 1 fully saturated rings. The van der Waals surface area contributed by atoms with E-state index in [2.05, 4.69) is 0 Å². The molecule has 6 nitrogen and oxygen atoms in total. The van der Waals surface area contributed by atoms with Crippen molar-refractivity contribution in [2.24, 2.45) is 5.73 Å². The lowest BCUT2D eigenvalue weighted by molar-refractivity contribution is -0.158. The van der Waals surface area contributed by atoms with Gasteiger partial charge in [0.1, 0.15) is 0 Å². The Labute approximate surface area is 107 Å². The number of aliphatic carboxylic acids is 1. The first kappa shape index (κ1) is 14.9. The molecule has 0 aliphatic carbocycles. The predicted molar refractivity (Wildman–Crippen MR) is 66.1 cm³/mol. The van der Waals surface area contributed by atoms with Crippen LogP contribution in [-0.2, 0) is 14.3 Å². The molecule has 18 heavy (non-hydrogen) atoms. The topological polar surface area (TPSA) is 92.9 Å². The fourth-order valence-corrected chi connectivity index (χ4v) is 2.02. The van der Waals surface area contributed by atoms with Gasteiger partial charge in [0.05, 0.1) is 13.2 Å². The highest BCUT2D eigenvalue weighted by atomic mass is 16.5. The number of carbonyl (C=O) groups excluding carboxylic acids is 1. The van der Waals surface area contributed by atoms with Crippen LogP contribution in [0.15, 0.2) is 0 Å². The van der Waals surface area contributed by atoms with Crippen molar-refractivity contribution in [3.63, 3.8) is 0 Å². The highest BCUT2D eigenvalue weighted by molar-refractivity contribution is 5.83. The van der Waals surface area contributed by atoms with E-state index in [4.69, 9.17) is 15.6 Å². The Bertz CT molecular complexity index is 283. The van der Waals surface area contributed by atoms with Gasteiger partial charge in [-0.1, -0.05) is 12.8 Å². The van der Waals surface area contributed by atoms with Crippen LogP contribution in [-0.4, -0.2) is 54.2 Å². The van der Waals surface area contributed by atoms with E-state index in [9.17, 15) is 9.59 Å². The van der Waals surface area contributed by atoms with Crippen molar-refractivity contribution in [1.29, 1.82) is 0 Å². The third-order valence-electron chi connectivity index (χ3n) is 3.08. The molecule has 1 unspecified atom stereocenters. The van der Waals surface area contributed by atoms with E-state index in [-0.39, 0.29) is 12.5 Å². The summed E-state index contributed by atoms with van der Waals surface area (Å²) in [5.41, 5.74) is 5.38. The van der Waals surface area contributed by atoms with E-state index >= 15 is 0 Å². The van der Waals surface area contributed by atoms with Crippen molar-refractivity contribution in [3.8, 4) is 0 Å². The summed E-state index contributed by atoms with van der Waals surface area (Å²) in [5.74, 6) is -1.08. The third kappa shape index (κ3) is 4.62. The van der Waals surface area contributed by atoms with Crippen molar-refractivity contribution in [3.05, 3.63) is 0 Å². The summed E-state index contributed by atoms with van der Waals surface area (Å²) in [4.78, 5) is 24.3. The molecule has 1 rings (SSSR count). The first-order valence-corrected chi connectivity index (χ1v) is 6.47. The maximum atomic E-state index is 11.9. The number of amides is 1. The highest BCUT2D eigenvalue weighted by Gasteiger charge is 2.32. The van der Waals surface area contributed by atoms with Gasteiger partial charge in [-0.2, -0.15) is 0 Å². The molecule has 1 aliphatic heterocycles. The Balaban J connectivity index is 2.32. The molecule has 1 saturated heterocycles. The van der Waals surface area contributed by atoms with Crippen LogP contribution in [0.3, 0.4) is 0 Å². The van der Waals surface area contributed by atoms with Gasteiger partial charge in [0.2, 0.25) is 5.91 Å². The summed E-state index contributed by atoms with van der Waals surface area (Å²) < 4.78 is 5.09. The van der Waals surface area contributed by atoms with E-state index in [0.29, 0.717) is 26.1 Å². The molecule has 1 heterocycles. The standard InChI is InChI=1S/C12H22N2O4/c13-6-4-2-1-3-5-11(15)14-7-8-18-9-10(14)12(16)17/h10H,1-9,13H2,(H,16,17). The highest BCUT2D eigenvalue weighted by Crippen LogP contribution is 2.12. The number of hydrogen-bond acceptors (Lipinski definition) is 4. The molecule has 0 radical (unpaired) electrons. The molecule has 1 amide bonds. The summed E-state index contributed by atoms with van der Waals surface area (Å²) in [6.07, 6.45) is 4.17. The van der Waals surface area contributed by atoms with Crippen LogP contribution < -0.4 is 5.73 Å². The molecule has 0 aromatic heterocycles. The molecule has 1 atom stereocenters. The normalized spacial score (nSPS) is 19.8. The fourth-order valence-electron chi connectivity index (χ4n) is 2.02. The zero-order chi connectivity index (χ0) is 13.4. The Kier molecular flexibility index (Phi) is 6.67. The Morgan fingerprint density at radius 1 is 1.28 bits per heavy atom. The molecule has 0 aromatic carbocycles. The Morgan fingerprint density at radius 2 is 2.00 bits per heavy atom. The van der Waals surface area contributed by atoms with Crippen LogP contribution >= 0.6 is 0 Å². The SMILES string of the molecule is NCCCCCCC(=O)N1CCOCC1C(=O)O. The smallest absolute Gasteiger partial charge is 0.328 e. The molecule has 104 valence electrons. The molecule has 1 aliphatic rings. The van der Waals surface area contributed by atoms with E-state index in [1.165, 1.54) is 4.90 Å². The molecular formula is C12H22N2O4.